The molecular weight excluding hydrogens is 340 g/mol. The first kappa shape index (κ1) is 16.5. The van der Waals surface area contributed by atoms with E-state index in [4.69, 9.17) is 0 Å². The van der Waals surface area contributed by atoms with Crippen molar-refractivity contribution < 1.29 is 8.78 Å². The van der Waals surface area contributed by atoms with Gasteiger partial charge >= 0.3 is 0 Å². The summed E-state index contributed by atoms with van der Waals surface area (Å²) in [5.41, 5.74) is 2.60. The number of benzene rings is 3. The van der Waals surface area contributed by atoms with Crippen molar-refractivity contribution in [2.75, 3.05) is 4.90 Å². The van der Waals surface area contributed by atoms with Crippen LogP contribution >= 0.6 is 0 Å². The average molecular weight is 361 g/mol. The van der Waals surface area contributed by atoms with Crippen molar-refractivity contribution in [1.29, 1.82) is 0 Å². The van der Waals surface area contributed by atoms with E-state index in [-0.39, 0.29) is 11.1 Å². The zero-order chi connectivity index (χ0) is 18.6. The van der Waals surface area contributed by atoms with Gasteiger partial charge in [0.15, 0.2) is 0 Å². The standard InChI is InChI=1S/C24H21F2N/c1-16-24(14-5-2-6-15-24)22-18-9-4-3-8-17(18)12-13-21(22)27(16)23-19(25)10-7-11-20(23)26/h3-4,7-13H,1-2,5-6,14-15H2. The van der Waals surface area contributed by atoms with E-state index in [1.165, 1.54) is 30.2 Å². The fourth-order valence-corrected chi connectivity index (χ4v) is 5.10. The molecule has 0 atom stereocenters. The average Bonchev–Trinajstić information content (AvgIpc) is 2.92. The second-order valence-electron chi connectivity index (χ2n) is 7.68. The largest absolute Gasteiger partial charge is 0.308 e. The highest BCUT2D eigenvalue weighted by molar-refractivity contribution is 5.97. The molecule has 0 bridgehead atoms. The number of hydrogen-bond donors (Lipinski definition) is 0. The molecule has 1 spiro atoms. The molecule has 1 fully saturated rings. The molecule has 2 aliphatic rings. The first-order chi connectivity index (χ1) is 13.1. The summed E-state index contributed by atoms with van der Waals surface area (Å²) in [6, 6.07) is 16.4. The van der Waals surface area contributed by atoms with E-state index in [2.05, 4.69) is 18.7 Å². The topological polar surface area (TPSA) is 3.24 Å². The summed E-state index contributed by atoms with van der Waals surface area (Å²) < 4.78 is 29.4. The number of nitrogens with zero attached hydrogens (tertiary/aromatic N) is 1. The molecule has 1 heterocycles. The molecule has 1 saturated carbocycles. The van der Waals surface area contributed by atoms with E-state index in [1.807, 2.05) is 24.3 Å². The summed E-state index contributed by atoms with van der Waals surface area (Å²) in [4.78, 5) is 1.73. The van der Waals surface area contributed by atoms with Crippen LogP contribution in [0.4, 0.5) is 20.2 Å². The number of fused-ring (bicyclic) bond motifs is 4. The zero-order valence-corrected chi connectivity index (χ0v) is 15.1. The van der Waals surface area contributed by atoms with Gasteiger partial charge in [-0.25, -0.2) is 8.78 Å². The van der Waals surface area contributed by atoms with E-state index in [0.717, 1.165) is 47.8 Å². The summed E-state index contributed by atoms with van der Waals surface area (Å²) in [5, 5.41) is 2.32. The second-order valence-corrected chi connectivity index (χ2v) is 7.68. The molecule has 0 aromatic heterocycles. The van der Waals surface area contributed by atoms with Gasteiger partial charge in [-0.3, -0.25) is 0 Å². The third-order valence-corrected chi connectivity index (χ3v) is 6.32. The molecule has 1 aliphatic carbocycles. The second kappa shape index (κ2) is 5.91. The van der Waals surface area contributed by atoms with Crippen LogP contribution in [0, 0.1) is 11.6 Å². The maximum atomic E-state index is 14.7. The Hall–Kier alpha value is -2.68. The van der Waals surface area contributed by atoms with Crippen molar-refractivity contribution in [3.05, 3.63) is 84.1 Å². The van der Waals surface area contributed by atoms with E-state index in [9.17, 15) is 8.78 Å². The van der Waals surface area contributed by atoms with Crippen LogP contribution in [0.3, 0.4) is 0 Å². The van der Waals surface area contributed by atoms with Crippen molar-refractivity contribution in [3.8, 4) is 0 Å². The molecule has 27 heavy (non-hydrogen) atoms. The molecule has 0 amide bonds. The lowest BCUT2D eigenvalue weighted by molar-refractivity contribution is 0.350. The molecule has 1 aliphatic heterocycles. The van der Waals surface area contributed by atoms with Gasteiger partial charge in [-0.05, 0) is 47.4 Å². The monoisotopic (exact) mass is 361 g/mol. The lowest BCUT2D eigenvalue weighted by Gasteiger charge is -2.37. The predicted octanol–water partition coefficient (Wildman–Crippen LogP) is 6.99. The first-order valence-corrected chi connectivity index (χ1v) is 9.59. The Bertz CT molecular complexity index is 1040. The van der Waals surface area contributed by atoms with Crippen LogP contribution in [-0.4, -0.2) is 0 Å². The minimum absolute atomic E-state index is 0.0125. The SMILES string of the molecule is C=C1N(c2c(F)cccc2F)c2ccc3ccccc3c2C12CCCCC2. The van der Waals surface area contributed by atoms with Crippen LogP contribution in [0.15, 0.2) is 66.9 Å². The lowest BCUT2D eigenvalue weighted by atomic mass is 9.68. The van der Waals surface area contributed by atoms with Gasteiger partial charge in [0.1, 0.15) is 17.3 Å². The van der Waals surface area contributed by atoms with Crippen LogP contribution in [-0.2, 0) is 5.41 Å². The fourth-order valence-electron chi connectivity index (χ4n) is 5.10. The van der Waals surface area contributed by atoms with Crippen molar-refractivity contribution >= 4 is 22.1 Å². The van der Waals surface area contributed by atoms with Crippen LogP contribution in [0.5, 0.6) is 0 Å². The maximum Gasteiger partial charge on any atom is 0.150 e. The minimum Gasteiger partial charge on any atom is -0.308 e. The van der Waals surface area contributed by atoms with E-state index < -0.39 is 11.6 Å². The van der Waals surface area contributed by atoms with Crippen LogP contribution in [0.25, 0.3) is 10.8 Å². The number of hydrogen-bond acceptors (Lipinski definition) is 1. The Balaban J connectivity index is 1.85. The summed E-state index contributed by atoms with van der Waals surface area (Å²) in [7, 11) is 0. The molecule has 0 saturated heterocycles. The first-order valence-electron chi connectivity index (χ1n) is 9.59. The van der Waals surface area contributed by atoms with Gasteiger partial charge in [0.05, 0.1) is 5.69 Å². The number of halogens is 2. The van der Waals surface area contributed by atoms with Crippen LogP contribution in [0.2, 0.25) is 0 Å². The van der Waals surface area contributed by atoms with Gasteiger partial charge < -0.3 is 4.90 Å². The molecule has 136 valence electrons. The molecular formula is C24H21F2N. The lowest BCUT2D eigenvalue weighted by Crippen LogP contribution is -2.31. The van der Waals surface area contributed by atoms with Crippen molar-refractivity contribution in [2.24, 2.45) is 0 Å². The third kappa shape index (κ3) is 2.21. The zero-order valence-electron chi connectivity index (χ0n) is 15.1. The highest BCUT2D eigenvalue weighted by Gasteiger charge is 2.49. The minimum atomic E-state index is -0.553. The number of para-hydroxylation sites is 1. The fraction of sp³-hybridized carbons (Fsp3) is 0.250. The maximum absolute atomic E-state index is 14.7. The van der Waals surface area contributed by atoms with E-state index in [1.54, 1.807) is 4.90 Å². The van der Waals surface area contributed by atoms with Gasteiger partial charge in [0.2, 0.25) is 0 Å². The highest BCUT2D eigenvalue weighted by atomic mass is 19.1. The van der Waals surface area contributed by atoms with Gasteiger partial charge in [-0.15, -0.1) is 0 Å². The summed E-state index contributed by atoms with van der Waals surface area (Å²) in [6.07, 6.45) is 5.35. The summed E-state index contributed by atoms with van der Waals surface area (Å²) >= 11 is 0. The number of rotatable bonds is 1. The quantitative estimate of drug-likeness (QED) is 0.452. The van der Waals surface area contributed by atoms with Gasteiger partial charge in [-0.1, -0.05) is 62.2 Å². The molecule has 0 unspecified atom stereocenters. The highest BCUT2D eigenvalue weighted by Crippen LogP contribution is 2.59. The summed E-state index contributed by atoms with van der Waals surface area (Å²) in [6.45, 7) is 4.39. The smallest absolute Gasteiger partial charge is 0.150 e. The summed E-state index contributed by atoms with van der Waals surface area (Å²) in [5.74, 6) is -1.11. The van der Waals surface area contributed by atoms with Gasteiger partial charge in [0.25, 0.3) is 0 Å². The molecule has 0 radical (unpaired) electrons. The van der Waals surface area contributed by atoms with Crippen molar-refractivity contribution in [1.82, 2.24) is 0 Å². The van der Waals surface area contributed by atoms with E-state index in [0.29, 0.717) is 0 Å². The molecule has 3 heteroatoms. The Kier molecular flexibility index (Phi) is 3.61. The third-order valence-electron chi connectivity index (χ3n) is 6.32. The molecule has 3 aromatic carbocycles. The molecule has 3 aromatic rings. The number of anilines is 2. The molecule has 1 nitrogen and oxygen atoms in total. The normalized spacial score (nSPS) is 18.3. The van der Waals surface area contributed by atoms with Crippen molar-refractivity contribution in [2.45, 2.75) is 37.5 Å². The van der Waals surface area contributed by atoms with Gasteiger partial charge in [0, 0.05) is 11.1 Å². The van der Waals surface area contributed by atoms with Crippen molar-refractivity contribution in [3.63, 3.8) is 0 Å². The predicted molar refractivity (Wildman–Crippen MR) is 106 cm³/mol. The Morgan fingerprint density at radius 1 is 0.815 bits per heavy atom. The van der Waals surface area contributed by atoms with Crippen LogP contribution in [0.1, 0.15) is 37.7 Å². The number of allylic oxidation sites excluding steroid dienone is 1. The van der Waals surface area contributed by atoms with Gasteiger partial charge in [-0.2, -0.15) is 0 Å². The molecule has 0 N–H and O–H groups in total. The Morgan fingerprint density at radius 2 is 1.52 bits per heavy atom. The van der Waals surface area contributed by atoms with E-state index >= 15 is 0 Å². The Labute approximate surface area is 157 Å². The molecule has 5 rings (SSSR count). The Morgan fingerprint density at radius 3 is 2.26 bits per heavy atom. The van der Waals surface area contributed by atoms with Crippen LogP contribution < -0.4 is 4.90 Å².